The summed E-state index contributed by atoms with van der Waals surface area (Å²) in [5.41, 5.74) is 0.531. The lowest BCUT2D eigenvalue weighted by Crippen LogP contribution is -2.40. The first-order valence-electron chi connectivity index (χ1n) is 8.65. The van der Waals surface area contributed by atoms with E-state index in [9.17, 15) is 4.79 Å². The summed E-state index contributed by atoms with van der Waals surface area (Å²) >= 11 is 0. The Kier molecular flexibility index (Phi) is 5.45. The first kappa shape index (κ1) is 16.9. The Labute approximate surface area is 143 Å². The molecule has 0 saturated carbocycles. The van der Waals surface area contributed by atoms with Gasteiger partial charge in [0.15, 0.2) is 11.5 Å². The quantitative estimate of drug-likeness (QED) is 0.891. The Balaban J connectivity index is 1.58. The lowest BCUT2D eigenvalue weighted by atomic mass is 10.0. The molecule has 1 N–H and O–H groups in total. The minimum Gasteiger partial charge on any atom is -0.493 e. The topological polar surface area (TPSA) is 60.0 Å². The fraction of sp³-hybridized carbons (Fsp3) is 0.611. The van der Waals surface area contributed by atoms with Gasteiger partial charge in [-0.1, -0.05) is 6.92 Å². The summed E-state index contributed by atoms with van der Waals surface area (Å²) in [6.07, 6.45) is 2.55. The van der Waals surface area contributed by atoms with Crippen molar-refractivity contribution in [3.63, 3.8) is 0 Å². The number of carbonyl (C=O) groups is 1. The van der Waals surface area contributed by atoms with Crippen molar-refractivity contribution >= 4 is 5.91 Å². The molecule has 24 heavy (non-hydrogen) atoms. The third-order valence-electron chi connectivity index (χ3n) is 4.54. The molecule has 132 valence electrons. The molecule has 6 heteroatoms. The number of carbonyl (C=O) groups excluding carboxylic acids is 1. The predicted molar refractivity (Wildman–Crippen MR) is 91.2 cm³/mol. The van der Waals surface area contributed by atoms with E-state index in [0.717, 1.165) is 25.6 Å². The second-order valence-corrected chi connectivity index (χ2v) is 6.51. The van der Waals surface area contributed by atoms with Crippen molar-refractivity contribution in [1.29, 1.82) is 0 Å². The van der Waals surface area contributed by atoms with Crippen LogP contribution in [0.1, 0.15) is 30.1 Å². The van der Waals surface area contributed by atoms with Crippen molar-refractivity contribution in [2.24, 2.45) is 5.92 Å². The molecule has 1 aromatic rings. The van der Waals surface area contributed by atoms with Crippen LogP contribution in [0, 0.1) is 5.92 Å². The minimum atomic E-state index is -0.115. The van der Waals surface area contributed by atoms with E-state index in [1.165, 1.54) is 12.8 Å². The maximum Gasteiger partial charge on any atom is 0.251 e. The highest BCUT2D eigenvalue weighted by molar-refractivity contribution is 5.95. The number of ether oxygens (including phenoxy) is 3. The molecule has 0 spiro atoms. The Morgan fingerprint density at radius 2 is 2.21 bits per heavy atom. The van der Waals surface area contributed by atoms with Gasteiger partial charge in [0.25, 0.3) is 5.91 Å². The summed E-state index contributed by atoms with van der Waals surface area (Å²) in [7, 11) is 1.56. The molecule has 1 saturated heterocycles. The van der Waals surface area contributed by atoms with Crippen molar-refractivity contribution in [3.05, 3.63) is 17.7 Å². The molecule has 3 rings (SSSR count). The van der Waals surface area contributed by atoms with Crippen LogP contribution in [0.25, 0.3) is 0 Å². The van der Waals surface area contributed by atoms with E-state index in [1.807, 2.05) is 0 Å². The van der Waals surface area contributed by atoms with E-state index in [4.69, 9.17) is 14.2 Å². The van der Waals surface area contributed by atoms with Gasteiger partial charge in [0.05, 0.1) is 7.11 Å². The molecule has 1 aromatic carbocycles. The summed E-state index contributed by atoms with van der Waals surface area (Å²) in [6, 6.07) is 3.42. The molecule has 0 aromatic heterocycles. The molecule has 0 aliphatic carbocycles. The zero-order chi connectivity index (χ0) is 16.9. The van der Waals surface area contributed by atoms with Crippen LogP contribution in [-0.2, 0) is 0 Å². The number of amides is 1. The van der Waals surface area contributed by atoms with E-state index < -0.39 is 0 Å². The summed E-state index contributed by atoms with van der Waals surface area (Å²) in [5, 5.41) is 2.99. The molecule has 0 bridgehead atoms. The number of methoxy groups -OCH3 is 1. The predicted octanol–water partition coefficient (Wildman–Crippen LogP) is 1.93. The van der Waals surface area contributed by atoms with Crippen LogP contribution in [0.5, 0.6) is 17.2 Å². The first-order valence-corrected chi connectivity index (χ1v) is 8.65. The van der Waals surface area contributed by atoms with E-state index in [0.29, 0.717) is 42.6 Å². The van der Waals surface area contributed by atoms with Crippen LogP contribution in [0.2, 0.25) is 0 Å². The van der Waals surface area contributed by atoms with Crippen LogP contribution in [0.15, 0.2) is 12.1 Å². The van der Waals surface area contributed by atoms with Crippen molar-refractivity contribution in [3.8, 4) is 17.2 Å². The number of hydrogen-bond donors (Lipinski definition) is 1. The number of nitrogens with zero attached hydrogens (tertiary/aromatic N) is 1. The van der Waals surface area contributed by atoms with Gasteiger partial charge in [0, 0.05) is 25.2 Å². The SMILES string of the molecule is COc1cc(C(=O)NCCN2CCCC(C)C2)cc2c1OCCO2. The van der Waals surface area contributed by atoms with Crippen LogP contribution in [-0.4, -0.2) is 57.3 Å². The lowest BCUT2D eigenvalue weighted by molar-refractivity contribution is 0.0942. The molecule has 2 aliphatic heterocycles. The number of benzene rings is 1. The van der Waals surface area contributed by atoms with E-state index in [-0.39, 0.29) is 5.91 Å². The average Bonchev–Trinajstić information content (AvgIpc) is 2.60. The third kappa shape index (κ3) is 3.93. The maximum absolute atomic E-state index is 12.4. The number of likely N-dealkylation sites (tertiary alicyclic amines) is 1. The van der Waals surface area contributed by atoms with Gasteiger partial charge in [-0.25, -0.2) is 0 Å². The minimum absolute atomic E-state index is 0.115. The summed E-state index contributed by atoms with van der Waals surface area (Å²) < 4.78 is 16.5. The first-order chi connectivity index (χ1) is 11.7. The number of rotatable bonds is 5. The second kappa shape index (κ2) is 7.75. The van der Waals surface area contributed by atoms with Crippen LogP contribution >= 0.6 is 0 Å². The monoisotopic (exact) mass is 334 g/mol. The lowest BCUT2D eigenvalue weighted by Gasteiger charge is -2.30. The molecule has 1 unspecified atom stereocenters. The fourth-order valence-corrected chi connectivity index (χ4v) is 3.32. The van der Waals surface area contributed by atoms with Gasteiger partial charge in [-0.2, -0.15) is 0 Å². The largest absolute Gasteiger partial charge is 0.493 e. The van der Waals surface area contributed by atoms with Crippen LogP contribution < -0.4 is 19.5 Å². The number of hydrogen-bond acceptors (Lipinski definition) is 5. The molecule has 1 amide bonds. The van der Waals surface area contributed by atoms with E-state index in [2.05, 4.69) is 17.1 Å². The van der Waals surface area contributed by atoms with Gasteiger partial charge in [0.1, 0.15) is 13.2 Å². The Hall–Kier alpha value is -1.95. The highest BCUT2D eigenvalue weighted by atomic mass is 16.6. The molecule has 1 fully saturated rings. The summed E-state index contributed by atoms with van der Waals surface area (Å²) in [5.74, 6) is 2.30. The van der Waals surface area contributed by atoms with Crippen molar-refractivity contribution in [1.82, 2.24) is 10.2 Å². The average molecular weight is 334 g/mol. The van der Waals surface area contributed by atoms with Crippen molar-refractivity contribution in [2.75, 3.05) is 46.5 Å². The van der Waals surface area contributed by atoms with E-state index >= 15 is 0 Å². The highest BCUT2D eigenvalue weighted by Gasteiger charge is 2.21. The highest BCUT2D eigenvalue weighted by Crippen LogP contribution is 2.40. The molecule has 6 nitrogen and oxygen atoms in total. The zero-order valence-corrected chi connectivity index (χ0v) is 14.5. The smallest absolute Gasteiger partial charge is 0.251 e. The van der Waals surface area contributed by atoms with Crippen molar-refractivity contribution in [2.45, 2.75) is 19.8 Å². The Morgan fingerprint density at radius 3 is 3.00 bits per heavy atom. The van der Waals surface area contributed by atoms with Crippen molar-refractivity contribution < 1.29 is 19.0 Å². The van der Waals surface area contributed by atoms with Gasteiger partial charge in [-0.05, 0) is 37.4 Å². The van der Waals surface area contributed by atoms with Gasteiger partial charge >= 0.3 is 0 Å². The maximum atomic E-state index is 12.4. The van der Waals surface area contributed by atoms with Gasteiger partial charge in [-0.3, -0.25) is 4.79 Å². The Bertz CT molecular complexity index is 573. The third-order valence-corrected chi connectivity index (χ3v) is 4.54. The molecular weight excluding hydrogens is 308 g/mol. The Morgan fingerprint density at radius 1 is 1.38 bits per heavy atom. The van der Waals surface area contributed by atoms with Crippen LogP contribution in [0.3, 0.4) is 0 Å². The summed E-state index contributed by atoms with van der Waals surface area (Å²) in [6.45, 7) is 7.02. The van der Waals surface area contributed by atoms with Gasteiger partial charge in [-0.15, -0.1) is 0 Å². The number of fused-ring (bicyclic) bond motifs is 1. The number of nitrogens with one attached hydrogen (secondary N) is 1. The fourth-order valence-electron chi connectivity index (χ4n) is 3.32. The van der Waals surface area contributed by atoms with Gasteiger partial charge < -0.3 is 24.4 Å². The number of piperidine rings is 1. The molecule has 2 aliphatic rings. The molecule has 2 heterocycles. The molecular formula is C18H26N2O4. The second-order valence-electron chi connectivity index (χ2n) is 6.51. The normalized spacial score (nSPS) is 20.5. The van der Waals surface area contributed by atoms with E-state index in [1.54, 1.807) is 19.2 Å². The standard InChI is InChI=1S/C18H26N2O4/c1-13-4-3-6-20(12-13)7-5-19-18(21)14-10-15(22-2)17-16(11-14)23-8-9-24-17/h10-11,13H,3-9,12H2,1-2H3,(H,19,21). The summed E-state index contributed by atoms with van der Waals surface area (Å²) in [4.78, 5) is 14.8. The van der Waals surface area contributed by atoms with Gasteiger partial charge in [0.2, 0.25) is 5.75 Å². The van der Waals surface area contributed by atoms with Crippen LogP contribution in [0.4, 0.5) is 0 Å². The molecule has 1 atom stereocenters. The zero-order valence-electron chi connectivity index (χ0n) is 14.5. The molecule has 0 radical (unpaired) electrons.